The van der Waals surface area contributed by atoms with Gasteiger partial charge in [0.25, 0.3) is 0 Å². The summed E-state index contributed by atoms with van der Waals surface area (Å²) < 4.78 is 8.34. The molecule has 0 fully saturated rings. The predicted octanol–water partition coefficient (Wildman–Crippen LogP) is -0.883. The normalized spacial score (nSPS) is 1.00. The van der Waals surface area contributed by atoms with Crippen LogP contribution in [0.25, 0.3) is 0 Å². The number of hydrogen-bond donors (Lipinski definition) is 0. The van der Waals surface area contributed by atoms with E-state index >= 15 is 0 Å². The van der Waals surface area contributed by atoms with Crippen LogP contribution in [0, 0.1) is 0 Å². The van der Waals surface area contributed by atoms with Crippen LogP contribution in [0.3, 0.4) is 0 Å². The molecule has 0 saturated carbocycles. The topological polar surface area (TPSA) is 17.1 Å². The Labute approximate surface area is 89.3 Å². The zero-order valence-electron chi connectivity index (χ0n) is 1.97. The summed E-state index contributed by atoms with van der Waals surface area (Å²) in [6.45, 7) is 0. The Hall–Kier alpha value is 2.69. The van der Waals surface area contributed by atoms with Crippen molar-refractivity contribution in [3.63, 3.8) is 0 Å². The summed E-state index contributed by atoms with van der Waals surface area (Å²) in [5.41, 5.74) is 0. The van der Waals surface area contributed by atoms with E-state index in [0.717, 1.165) is 0 Å². The van der Waals surface area contributed by atoms with E-state index in [2.05, 4.69) is 0 Å². The predicted molar refractivity (Wildman–Crippen MR) is 12.2 cm³/mol. The van der Waals surface area contributed by atoms with Crippen LogP contribution < -0.4 is 0 Å². The van der Waals surface area contributed by atoms with Crippen LogP contribution in [-0.2, 0) is 20.1 Å². The maximum atomic E-state index is 8.34. The molecule has 0 saturated heterocycles. The van der Waals surface area contributed by atoms with Gasteiger partial charge in [-0.05, 0) is 0 Å². The Morgan fingerprint density at radius 2 is 1.25 bits per heavy atom. The van der Waals surface area contributed by atoms with E-state index < -0.39 is 0 Å². The molecule has 0 aromatic carbocycles. The van der Waals surface area contributed by atoms with Crippen molar-refractivity contribution < 1.29 is 20.1 Å². The van der Waals surface area contributed by atoms with Gasteiger partial charge in [-0.3, -0.25) is 0 Å². The molecule has 0 bridgehead atoms. The van der Waals surface area contributed by atoms with E-state index in [-0.39, 0.29) is 65.9 Å². The van der Waals surface area contributed by atoms with Gasteiger partial charge in [0.1, 0.15) is 0 Å². The first kappa shape index (κ1) is 15.9. The Morgan fingerprint density at radius 1 is 1.25 bits per heavy atom. The molecule has 4 heavy (non-hydrogen) atoms. The molecule has 0 unspecified atom stereocenters. The molecular weight excluding hydrogens is 328 g/mol. The molecule has 20 valence electrons. The zero-order chi connectivity index (χ0) is 2.00. The van der Waals surface area contributed by atoms with Gasteiger partial charge in [-0.1, -0.05) is 0 Å². The number of rotatable bonds is 0. The summed E-state index contributed by atoms with van der Waals surface area (Å²) in [7, 11) is 0. The molecule has 0 heterocycles. The summed E-state index contributed by atoms with van der Waals surface area (Å²) in [4.78, 5) is 0. The van der Waals surface area contributed by atoms with Gasteiger partial charge >= 0.3 is 25.6 Å². The average molecular weight is 328 g/mol. The zero-order valence-corrected chi connectivity index (χ0v) is 10.4. The molecule has 4 heteroatoms. The fraction of sp³-hybridized carbons (Fsp3) is 0. The summed E-state index contributed by atoms with van der Waals surface area (Å²) in [6.07, 6.45) is 0. The van der Waals surface area contributed by atoms with Crippen molar-refractivity contribution in [1.82, 2.24) is 0 Å². The molecular formula is BaFeOSn. The molecule has 0 aliphatic heterocycles. The summed E-state index contributed by atoms with van der Waals surface area (Å²) >= 11 is 0.300. The van der Waals surface area contributed by atoms with E-state index in [1.165, 1.54) is 0 Å². The van der Waals surface area contributed by atoms with Crippen molar-refractivity contribution in [3.8, 4) is 0 Å². The minimum absolute atomic E-state index is 0. The summed E-state index contributed by atoms with van der Waals surface area (Å²) in [5, 5.41) is 0. The van der Waals surface area contributed by atoms with Gasteiger partial charge in [0.2, 0.25) is 0 Å². The maximum absolute atomic E-state index is 8.34. The molecule has 0 aromatic heterocycles. The molecule has 1 nitrogen and oxygen atoms in total. The third kappa shape index (κ3) is 8.83. The van der Waals surface area contributed by atoms with Gasteiger partial charge in [-0.15, -0.1) is 0 Å². The quantitative estimate of drug-likeness (QED) is 0.528. The minimum atomic E-state index is 0. The molecule has 0 aromatic rings. The van der Waals surface area contributed by atoms with Crippen LogP contribution in [0.2, 0.25) is 0 Å². The van der Waals surface area contributed by atoms with E-state index in [4.69, 9.17) is 3.08 Å². The van der Waals surface area contributed by atoms with Gasteiger partial charge in [-0.25, -0.2) is 0 Å². The second-order valence-corrected chi connectivity index (χ2v) is 0. The summed E-state index contributed by atoms with van der Waals surface area (Å²) in [5.74, 6) is 0. The van der Waals surface area contributed by atoms with Crippen molar-refractivity contribution in [2.24, 2.45) is 0 Å². The summed E-state index contributed by atoms with van der Waals surface area (Å²) in [6, 6.07) is 0. The van der Waals surface area contributed by atoms with E-state index in [0.29, 0.717) is 22.5 Å². The van der Waals surface area contributed by atoms with Gasteiger partial charge in [0, 0.05) is 65.9 Å². The monoisotopic (exact) mass is 330 g/mol. The van der Waals surface area contributed by atoms with Crippen LogP contribution in [0.1, 0.15) is 0 Å². The van der Waals surface area contributed by atoms with E-state index in [9.17, 15) is 0 Å². The molecule has 0 amide bonds. The first-order valence-electron chi connectivity index (χ1n) is 0.204. The molecule has 0 N–H and O–H groups in total. The number of hydrogen-bond acceptors (Lipinski definition) is 1. The van der Waals surface area contributed by atoms with Crippen molar-refractivity contribution in [2.75, 3.05) is 0 Å². The SMILES string of the molecule is [Ba].[Fe].[O]=[Sn]. The first-order chi connectivity index (χ1) is 1.00. The molecule has 0 rings (SSSR count). The van der Waals surface area contributed by atoms with E-state index in [1.807, 2.05) is 0 Å². The Balaban J connectivity index is -0.00000000500. The van der Waals surface area contributed by atoms with Crippen LogP contribution in [0.5, 0.6) is 0 Å². The van der Waals surface area contributed by atoms with Gasteiger partial charge in [0.15, 0.2) is 0 Å². The van der Waals surface area contributed by atoms with Crippen LogP contribution in [0.4, 0.5) is 0 Å². The van der Waals surface area contributed by atoms with Gasteiger partial charge in [0.05, 0.1) is 0 Å². The third-order valence-corrected chi connectivity index (χ3v) is 0. The van der Waals surface area contributed by atoms with Crippen molar-refractivity contribution in [3.05, 3.63) is 0 Å². The van der Waals surface area contributed by atoms with Crippen molar-refractivity contribution in [2.45, 2.75) is 0 Å². The molecule has 0 aliphatic rings. The first-order valence-corrected chi connectivity index (χ1v) is 1.37. The van der Waals surface area contributed by atoms with Gasteiger partial charge < -0.3 is 0 Å². The van der Waals surface area contributed by atoms with Gasteiger partial charge in [-0.2, -0.15) is 0 Å². The van der Waals surface area contributed by atoms with Crippen LogP contribution >= 0.6 is 0 Å². The fourth-order valence-electron chi connectivity index (χ4n) is 0. The fourth-order valence-corrected chi connectivity index (χ4v) is 0. The molecule has 0 aliphatic carbocycles. The van der Waals surface area contributed by atoms with Crippen molar-refractivity contribution >= 4 is 71.4 Å². The standard InChI is InChI=1S/Ba.Fe.O.Sn. The van der Waals surface area contributed by atoms with Crippen LogP contribution in [-0.4, -0.2) is 71.4 Å². The Bertz CT molecular complexity index is 8.00. The Morgan fingerprint density at radius 3 is 1.25 bits per heavy atom. The second kappa shape index (κ2) is 17.3. The molecule has 4 radical (unpaired) electrons. The molecule has 0 spiro atoms. The van der Waals surface area contributed by atoms with E-state index in [1.54, 1.807) is 0 Å². The Kier molecular flexibility index (Phi) is 68.8. The third-order valence-electron chi connectivity index (χ3n) is 0. The molecule has 0 atom stereocenters. The average Bonchev–Trinajstić information content (AvgIpc) is 1.00. The van der Waals surface area contributed by atoms with Crippen LogP contribution in [0.15, 0.2) is 0 Å². The second-order valence-electron chi connectivity index (χ2n) is 0. The van der Waals surface area contributed by atoms with Crippen molar-refractivity contribution in [1.29, 1.82) is 0 Å².